The summed E-state index contributed by atoms with van der Waals surface area (Å²) in [6.45, 7) is 6.90. The van der Waals surface area contributed by atoms with Crippen LogP contribution in [-0.4, -0.2) is 54.6 Å². The zero-order valence-corrected chi connectivity index (χ0v) is 16.4. The van der Waals surface area contributed by atoms with E-state index in [0.717, 1.165) is 18.4 Å². The minimum Gasteiger partial charge on any atom is -0.444 e. The number of carbonyl (C=O) groups is 2. The van der Waals surface area contributed by atoms with Gasteiger partial charge in [-0.3, -0.25) is 4.79 Å². The van der Waals surface area contributed by atoms with Crippen LogP contribution in [0.25, 0.3) is 0 Å². The molecule has 1 aliphatic heterocycles. The highest BCUT2D eigenvalue weighted by molar-refractivity contribution is 6.31. The molecule has 0 aromatic heterocycles. The quantitative estimate of drug-likeness (QED) is 0.789. The van der Waals surface area contributed by atoms with Crippen LogP contribution in [0, 0.1) is 0 Å². The summed E-state index contributed by atoms with van der Waals surface area (Å²) in [6.07, 6.45) is 1.41. The van der Waals surface area contributed by atoms with E-state index in [0.29, 0.717) is 23.7 Å². The van der Waals surface area contributed by atoms with Crippen molar-refractivity contribution in [3.05, 3.63) is 34.3 Å². The molecule has 25 heavy (non-hydrogen) atoms. The molecule has 1 saturated heterocycles. The average molecular weight is 367 g/mol. The number of rotatable bonds is 2. The Bertz CT molecular complexity index is 645. The first-order chi connectivity index (χ1) is 11.6. The normalized spacial score (nSPS) is 15.8. The summed E-state index contributed by atoms with van der Waals surface area (Å²) in [7, 11) is 3.44. The topological polar surface area (TPSA) is 49.9 Å². The van der Waals surface area contributed by atoms with Crippen LogP contribution < -0.4 is 0 Å². The number of carbonyl (C=O) groups excluding carboxylic acids is 2. The van der Waals surface area contributed by atoms with Gasteiger partial charge in [-0.1, -0.05) is 17.7 Å². The number of hydrogen-bond donors (Lipinski definition) is 0. The second-order valence-electron chi connectivity index (χ2n) is 7.68. The van der Waals surface area contributed by atoms with Crippen LogP contribution >= 0.6 is 11.6 Å². The van der Waals surface area contributed by atoms with Crippen LogP contribution in [0.1, 0.15) is 55.5 Å². The number of benzene rings is 1. The summed E-state index contributed by atoms with van der Waals surface area (Å²) in [4.78, 5) is 27.5. The largest absolute Gasteiger partial charge is 0.444 e. The molecular weight excluding hydrogens is 340 g/mol. The van der Waals surface area contributed by atoms with Crippen LogP contribution in [0.3, 0.4) is 0 Å². The zero-order valence-electron chi connectivity index (χ0n) is 15.6. The van der Waals surface area contributed by atoms with Gasteiger partial charge < -0.3 is 14.5 Å². The molecule has 0 atom stereocenters. The molecule has 1 heterocycles. The molecule has 1 aromatic carbocycles. The molecule has 2 amide bonds. The van der Waals surface area contributed by atoms with Crippen molar-refractivity contribution >= 4 is 23.6 Å². The number of likely N-dealkylation sites (tertiary alicyclic amines) is 1. The minimum atomic E-state index is -0.480. The lowest BCUT2D eigenvalue weighted by molar-refractivity contribution is 0.0204. The van der Waals surface area contributed by atoms with E-state index >= 15 is 0 Å². The fourth-order valence-corrected chi connectivity index (χ4v) is 3.28. The Morgan fingerprint density at radius 1 is 1.20 bits per heavy atom. The van der Waals surface area contributed by atoms with E-state index in [4.69, 9.17) is 16.3 Å². The third-order valence-electron chi connectivity index (χ3n) is 4.24. The molecular formula is C19H27ClN2O3. The van der Waals surface area contributed by atoms with Crippen molar-refractivity contribution in [1.82, 2.24) is 9.80 Å². The molecule has 6 heteroatoms. The third kappa shape index (κ3) is 5.11. The van der Waals surface area contributed by atoms with Gasteiger partial charge in [-0.25, -0.2) is 4.79 Å². The first kappa shape index (κ1) is 19.6. The Labute approximate surface area is 154 Å². The Hall–Kier alpha value is -1.75. The SMILES string of the molecule is CN(C)C(=O)c1ccc(C2CCN(C(=O)OC(C)(C)C)CC2)c(Cl)c1. The third-order valence-corrected chi connectivity index (χ3v) is 4.57. The number of piperidine rings is 1. The fraction of sp³-hybridized carbons (Fsp3) is 0.579. The molecule has 0 unspecified atom stereocenters. The van der Waals surface area contributed by atoms with Crippen molar-refractivity contribution in [2.24, 2.45) is 0 Å². The lowest BCUT2D eigenvalue weighted by Gasteiger charge is -2.34. The van der Waals surface area contributed by atoms with E-state index in [9.17, 15) is 9.59 Å². The second kappa shape index (κ2) is 7.65. The number of halogens is 1. The smallest absolute Gasteiger partial charge is 0.410 e. The van der Waals surface area contributed by atoms with Crippen molar-refractivity contribution in [3.8, 4) is 0 Å². The summed E-state index contributed by atoms with van der Waals surface area (Å²) in [5, 5.41) is 0.614. The zero-order chi connectivity index (χ0) is 18.8. The van der Waals surface area contributed by atoms with Crippen molar-refractivity contribution < 1.29 is 14.3 Å². The van der Waals surface area contributed by atoms with Gasteiger partial charge in [0.25, 0.3) is 5.91 Å². The Morgan fingerprint density at radius 2 is 1.80 bits per heavy atom. The first-order valence-electron chi connectivity index (χ1n) is 8.57. The van der Waals surface area contributed by atoms with E-state index in [1.165, 1.54) is 4.90 Å². The Kier molecular flexibility index (Phi) is 5.99. The van der Waals surface area contributed by atoms with Gasteiger partial charge in [-0.2, -0.15) is 0 Å². The van der Waals surface area contributed by atoms with Crippen LogP contribution in [-0.2, 0) is 4.74 Å². The molecule has 0 N–H and O–H groups in total. The Balaban J connectivity index is 2.01. The lowest BCUT2D eigenvalue weighted by Crippen LogP contribution is -2.41. The van der Waals surface area contributed by atoms with Crippen LogP contribution in [0.5, 0.6) is 0 Å². The molecule has 1 fully saturated rings. The second-order valence-corrected chi connectivity index (χ2v) is 8.08. The standard InChI is InChI=1S/C19H27ClN2O3/c1-19(2,3)25-18(24)22-10-8-13(9-11-22)15-7-6-14(12-16(15)20)17(23)21(4)5/h6-7,12-13H,8-11H2,1-5H3. The number of hydrogen-bond acceptors (Lipinski definition) is 3. The highest BCUT2D eigenvalue weighted by Gasteiger charge is 2.28. The lowest BCUT2D eigenvalue weighted by atomic mass is 9.89. The van der Waals surface area contributed by atoms with Gasteiger partial charge in [0.15, 0.2) is 0 Å². The Morgan fingerprint density at radius 3 is 2.28 bits per heavy atom. The van der Waals surface area contributed by atoms with E-state index in [2.05, 4.69) is 0 Å². The van der Waals surface area contributed by atoms with Crippen molar-refractivity contribution in [2.75, 3.05) is 27.2 Å². The molecule has 1 aromatic rings. The molecule has 5 nitrogen and oxygen atoms in total. The molecule has 1 aliphatic rings. The number of nitrogens with zero attached hydrogens (tertiary/aromatic N) is 2. The highest BCUT2D eigenvalue weighted by Crippen LogP contribution is 2.34. The van der Waals surface area contributed by atoms with Gasteiger partial charge in [-0.15, -0.1) is 0 Å². The van der Waals surface area contributed by atoms with E-state index in [1.54, 1.807) is 25.1 Å². The van der Waals surface area contributed by atoms with Crippen LogP contribution in [0.15, 0.2) is 18.2 Å². The summed E-state index contributed by atoms with van der Waals surface area (Å²) < 4.78 is 5.43. The van der Waals surface area contributed by atoms with Gasteiger partial charge in [0.1, 0.15) is 5.60 Å². The number of ether oxygens (including phenoxy) is 1. The highest BCUT2D eigenvalue weighted by atomic mass is 35.5. The van der Waals surface area contributed by atoms with Crippen LogP contribution in [0.4, 0.5) is 4.79 Å². The predicted octanol–water partition coefficient (Wildman–Crippen LogP) is 4.16. The molecule has 0 bridgehead atoms. The summed E-state index contributed by atoms with van der Waals surface area (Å²) in [5.74, 6) is 0.225. The summed E-state index contributed by atoms with van der Waals surface area (Å²) in [6, 6.07) is 5.50. The van der Waals surface area contributed by atoms with E-state index < -0.39 is 5.60 Å². The number of amides is 2. The van der Waals surface area contributed by atoms with E-state index in [1.807, 2.05) is 32.9 Å². The maximum absolute atomic E-state index is 12.1. The first-order valence-corrected chi connectivity index (χ1v) is 8.95. The minimum absolute atomic E-state index is 0.0619. The van der Waals surface area contributed by atoms with Gasteiger partial charge in [-0.05, 0) is 57.2 Å². The van der Waals surface area contributed by atoms with Gasteiger partial charge >= 0.3 is 6.09 Å². The summed E-state index contributed by atoms with van der Waals surface area (Å²) >= 11 is 6.42. The predicted molar refractivity (Wildman–Crippen MR) is 99.3 cm³/mol. The maximum Gasteiger partial charge on any atom is 0.410 e. The van der Waals surface area contributed by atoms with Gasteiger partial charge in [0, 0.05) is 37.8 Å². The molecule has 138 valence electrons. The summed E-state index contributed by atoms with van der Waals surface area (Å²) in [5.41, 5.74) is 1.15. The van der Waals surface area contributed by atoms with Crippen molar-refractivity contribution in [1.29, 1.82) is 0 Å². The average Bonchev–Trinajstić information content (AvgIpc) is 2.52. The molecule has 0 spiro atoms. The van der Waals surface area contributed by atoms with Crippen molar-refractivity contribution in [3.63, 3.8) is 0 Å². The van der Waals surface area contributed by atoms with Crippen LogP contribution in [0.2, 0.25) is 5.02 Å². The fourth-order valence-electron chi connectivity index (χ4n) is 2.95. The van der Waals surface area contributed by atoms with Gasteiger partial charge in [0.05, 0.1) is 0 Å². The van der Waals surface area contributed by atoms with Gasteiger partial charge in [0.2, 0.25) is 0 Å². The van der Waals surface area contributed by atoms with E-state index in [-0.39, 0.29) is 17.9 Å². The monoisotopic (exact) mass is 366 g/mol. The molecule has 2 rings (SSSR count). The molecule has 0 saturated carbocycles. The van der Waals surface area contributed by atoms with Crippen molar-refractivity contribution in [2.45, 2.75) is 45.1 Å². The molecule has 0 aliphatic carbocycles. The maximum atomic E-state index is 12.1. The molecule has 0 radical (unpaired) electrons.